The number of allylic oxidation sites excluding steroid dienone is 1. The number of alkyl halides is 3. The first-order chi connectivity index (χ1) is 13.1. The van der Waals surface area contributed by atoms with E-state index in [2.05, 4.69) is 5.16 Å². The molecule has 0 saturated heterocycles. The molecule has 1 aliphatic rings. The molecule has 1 heterocycles. The minimum absolute atomic E-state index is 0.0618. The summed E-state index contributed by atoms with van der Waals surface area (Å²) in [6.07, 6.45) is -2.36. The van der Waals surface area contributed by atoms with Crippen LogP contribution in [0.1, 0.15) is 23.1 Å². The number of nitriles is 1. The third-order valence-corrected chi connectivity index (χ3v) is 4.64. The van der Waals surface area contributed by atoms with Gasteiger partial charge < -0.3 is 10.6 Å². The fourth-order valence-electron chi connectivity index (χ4n) is 2.78. The molecule has 0 fully saturated rings. The second-order valence-electron chi connectivity index (χ2n) is 6.13. The first-order valence-electron chi connectivity index (χ1n) is 7.91. The smallest absolute Gasteiger partial charge is 0.398 e. The van der Waals surface area contributed by atoms with Gasteiger partial charge >= 0.3 is 6.18 Å². The van der Waals surface area contributed by atoms with Crippen LogP contribution in [-0.2, 0) is 10.4 Å². The lowest BCUT2D eigenvalue weighted by Gasteiger charge is -2.29. The van der Waals surface area contributed by atoms with Crippen molar-refractivity contribution in [3.63, 3.8) is 0 Å². The number of nitrogens with zero attached hydrogens (tertiary/aromatic N) is 2. The third kappa shape index (κ3) is 3.79. The largest absolute Gasteiger partial charge is 0.435 e. The molecule has 1 aliphatic heterocycles. The number of halogens is 5. The van der Waals surface area contributed by atoms with Gasteiger partial charge in [-0.2, -0.15) is 18.4 Å². The summed E-state index contributed by atoms with van der Waals surface area (Å²) in [6.45, 7) is 0. The van der Waals surface area contributed by atoms with Crippen LogP contribution in [0, 0.1) is 11.3 Å². The molecular formula is C19H12Cl2F3N3O. The highest BCUT2D eigenvalue weighted by Crippen LogP contribution is 2.49. The first-order valence-corrected chi connectivity index (χ1v) is 8.66. The Morgan fingerprint density at radius 1 is 1.14 bits per heavy atom. The SMILES string of the molecule is N#Cc1ccc(C=CC2=NOC(c3cc(Cl)cc(Cl)c3)(C(F)(F)F)C2)cc1N. The van der Waals surface area contributed by atoms with Gasteiger partial charge in [-0.1, -0.05) is 40.5 Å². The zero-order chi connectivity index (χ0) is 20.5. The topological polar surface area (TPSA) is 71.4 Å². The van der Waals surface area contributed by atoms with E-state index in [1.807, 2.05) is 6.07 Å². The van der Waals surface area contributed by atoms with E-state index in [1.54, 1.807) is 12.1 Å². The van der Waals surface area contributed by atoms with E-state index >= 15 is 0 Å². The van der Waals surface area contributed by atoms with Crippen LogP contribution in [0.3, 0.4) is 0 Å². The molecule has 144 valence electrons. The zero-order valence-corrected chi connectivity index (χ0v) is 15.6. The van der Waals surface area contributed by atoms with Crippen LogP contribution < -0.4 is 5.73 Å². The van der Waals surface area contributed by atoms with E-state index in [-0.39, 0.29) is 27.0 Å². The van der Waals surface area contributed by atoms with E-state index in [4.69, 9.17) is 39.0 Å². The molecule has 1 unspecified atom stereocenters. The number of nitrogens with two attached hydrogens (primary N) is 1. The number of hydrogen-bond donors (Lipinski definition) is 1. The number of rotatable bonds is 3. The number of nitrogen functional groups attached to an aromatic ring is 1. The van der Waals surface area contributed by atoms with Crippen molar-refractivity contribution in [3.05, 3.63) is 69.2 Å². The summed E-state index contributed by atoms with van der Waals surface area (Å²) in [5, 5.41) is 12.6. The van der Waals surface area contributed by atoms with Crippen molar-refractivity contribution in [1.82, 2.24) is 0 Å². The maximum atomic E-state index is 13.9. The second kappa shape index (κ2) is 7.38. The van der Waals surface area contributed by atoms with Gasteiger partial charge in [0.1, 0.15) is 6.07 Å². The summed E-state index contributed by atoms with van der Waals surface area (Å²) in [7, 11) is 0. The van der Waals surface area contributed by atoms with Gasteiger partial charge in [0, 0.05) is 22.0 Å². The van der Waals surface area contributed by atoms with Gasteiger partial charge in [0.2, 0.25) is 0 Å². The van der Waals surface area contributed by atoms with Crippen molar-refractivity contribution < 1.29 is 18.0 Å². The first kappa shape index (κ1) is 20.1. The molecule has 0 bridgehead atoms. The van der Waals surface area contributed by atoms with Crippen LogP contribution >= 0.6 is 23.2 Å². The normalized spacial score (nSPS) is 19.4. The third-order valence-electron chi connectivity index (χ3n) is 4.20. The predicted molar refractivity (Wildman–Crippen MR) is 102 cm³/mol. The van der Waals surface area contributed by atoms with E-state index in [1.165, 1.54) is 24.3 Å². The fourth-order valence-corrected chi connectivity index (χ4v) is 3.31. The molecule has 1 atom stereocenters. The van der Waals surface area contributed by atoms with Gasteiger partial charge in [-0.25, -0.2) is 0 Å². The van der Waals surface area contributed by atoms with Crippen molar-refractivity contribution >= 4 is 40.7 Å². The lowest BCUT2D eigenvalue weighted by molar-refractivity contribution is -0.275. The number of benzene rings is 2. The van der Waals surface area contributed by atoms with Crippen LogP contribution in [0.5, 0.6) is 0 Å². The van der Waals surface area contributed by atoms with Crippen LogP contribution in [0.4, 0.5) is 18.9 Å². The summed E-state index contributed by atoms with van der Waals surface area (Å²) in [4.78, 5) is 4.89. The summed E-state index contributed by atoms with van der Waals surface area (Å²) in [5.41, 5.74) is 4.10. The Kier molecular flexibility index (Phi) is 5.28. The molecule has 0 aliphatic carbocycles. The maximum absolute atomic E-state index is 13.9. The van der Waals surface area contributed by atoms with Gasteiger partial charge in [0.25, 0.3) is 5.60 Å². The van der Waals surface area contributed by atoms with E-state index in [0.29, 0.717) is 11.1 Å². The second-order valence-corrected chi connectivity index (χ2v) is 7.00. The minimum Gasteiger partial charge on any atom is -0.398 e. The molecule has 2 aromatic rings. The van der Waals surface area contributed by atoms with Gasteiger partial charge in [0.05, 0.1) is 17.0 Å². The predicted octanol–water partition coefficient (Wildman–Crippen LogP) is 5.69. The van der Waals surface area contributed by atoms with Gasteiger partial charge in [-0.05, 0) is 42.0 Å². The summed E-state index contributed by atoms with van der Waals surface area (Å²) < 4.78 is 41.6. The standard InChI is InChI=1S/C19H12Cl2F3N3O/c20-14-6-13(7-15(21)8-14)18(19(22,23)24)9-16(27-28-18)4-2-11-1-3-12(10-25)17(26)5-11/h1-8H,9,26H2. The van der Waals surface area contributed by atoms with Crippen molar-refractivity contribution in [2.45, 2.75) is 18.2 Å². The maximum Gasteiger partial charge on any atom is 0.435 e. The summed E-state index contributed by atoms with van der Waals surface area (Å²) >= 11 is 11.7. The molecule has 2 N–H and O–H groups in total. The number of anilines is 1. The average Bonchev–Trinajstić information content (AvgIpc) is 3.05. The van der Waals surface area contributed by atoms with E-state index in [9.17, 15) is 13.2 Å². The molecule has 4 nitrogen and oxygen atoms in total. The van der Waals surface area contributed by atoms with Crippen molar-refractivity contribution in [2.24, 2.45) is 5.16 Å². The lowest BCUT2D eigenvalue weighted by atomic mass is 9.88. The van der Waals surface area contributed by atoms with Gasteiger partial charge in [0.15, 0.2) is 0 Å². The van der Waals surface area contributed by atoms with Crippen LogP contribution in [-0.4, -0.2) is 11.9 Å². The molecule has 2 aromatic carbocycles. The molecule has 0 spiro atoms. The zero-order valence-electron chi connectivity index (χ0n) is 14.1. The van der Waals surface area contributed by atoms with Crippen molar-refractivity contribution in [3.8, 4) is 6.07 Å². The quantitative estimate of drug-likeness (QED) is 0.641. The summed E-state index contributed by atoms with van der Waals surface area (Å²) in [5.74, 6) is 0. The minimum atomic E-state index is -4.75. The molecule has 3 rings (SSSR count). The summed E-state index contributed by atoms with van der Waals surface area (Å²) in [6, 6.07) is 10.3. The Balaban J connectivity index is 1.89. The fraction of sp³-hybridized carbons (Fsp3) is 0.158. The molecule has 0 amide bonds. The highest BCUT2D eigenvalue weighted by Gasteiger charge is 2.62. The van der Waals surface area contributed by atoms with E-state index in [0.717, 1.165) is 12.1 Å². The van der Waals surface area contributed by atoms with Gasteiger partial charge in [-0.3, -0.25) is 0 Å². The molecule has 0 aromatic heterocycles. The van der Waals surface area contributed by atoms with Crippen molar-refractivity contribution in [2.75, 3.05) is 5.73 Å². The highest BCUT2D eigenvalue weighted by molar-refractivity contribution is 6.34. The monoisotopic (exact) mass is 425 g/mol. The van der Waals surface area contributed by atoms with Crippen molar-refractivity contribution in [1.29, 1.82) is 5.26 Å². The van der Waals surface area contributed by atoms with Gasteiger partial charge in [-0.15, -0.1) is 0 Å². The Hall–Kier alpha value is -2.69. The number of hydrogen-bond acceptors (Lipinski definition) is 4. The van der Waals surface area contributed by atoms with E-state index < -0.39 is 18.2 Å². The van der Waals surface area contributed by atoms with Crippen LogP contribution in [0.25, 0.3) is 6.08 Å². The average molecular weight is 426 g/mol. The molecule has 0 saturated carbocycles. The Morgan fingerprint density at radius 3 is 2.39 bits per heavy atom. The lowest BCUT2D eigenvalue weighted by Crippen LogP contribution is -2.42. The molecule has 28 heavy (non-hydrogen) atoms. The van der Waals surface area contributed by atoms with Crippen LogP contribution in [0.2, 0.25) is 10.0 Å². The Bertz CT molecular complexity index is 1010. The molecule has 0 radical (unpaired) electrons. The Labute approximate surface area is 168 Å². The Morgan fingerprint density at radius 2 is 1.82 bits per heavy atom. The molecular weight excluding hydrogens is 414 g/mol. The highest BCUT2D eigenvalue weighted by atomic mass is 35.5. The van der Waals surface area contributed by atoms with Crippen LogP contribution in [0.15, 0.2) is 47.6 Å². The number of oxime groups is 1. The molecule has 9 heteroatoms.